The Labute approximate surface area is 198 Å². The van der Waals surface area contributed by atoms with Gasteiger partial charge in [0.15, 0.2) is 17.1 Å². The fourth-order valence-corrected chi connectivity index (χ4v) is 4.70. The summed E-state index contributed by atoms with van der Waals surface area (Å²) in [5, 5.41) is 8.45. The van der Waals surface area contributed by atoms with E-state index in [-0.39, 0.29) is 24.1 Å². The summed E-state index contributed by atoms with van der Waals surface area (Å²) < 4.78 is 12.1. The first-order valence-corrected chi connectivity index (χ1v) is 11.4. The molecular formula is C24H21N5O4S. The molecule has 34 heavy (non-hydrogen) atoms. The molecule has 172 valence electrons. The molecule has 0 aliphatic carbocycles. The van der Waals surface area contributed by atoms with E-state index >= 15 is 0 Å². The minimum Gasteiger partial charge on any atom is -0.493 e. The number of methoxy groups -OCH3 is 2. The van der Waals surface area contributed by atoms with Gasteiger partial charge in [-0.3, -0.25) is 14.2 Å². The Morgan fingerprint density at radius 1 is 1.12 bits per heavy atom. The maximum Gasteiger partial charge on any atom is 0.263 e. The van der Waals surface area contributed by atoms with Crippen LogP contribution in [0.2, 0.25) is 0 Å². The fraction of sp³-hybridized carbons (Fsp3) is 0.208. The van der Waals surface area contributed by atoms with Crippen molar-refractivity contribution in [3.63, 3.8) is 0 Å². The van der Waals surface area contributed by atoms with Gasteiger partial charge in [0.1, 0.15) is 12.9 Å². The van der Waals surface area contributed by atoms with Gasteiger partial charge in [-0.1, -0.05) is 12.1 Å². The van der Waals surface area contributed by atoms with Crippen molar-refractivity contribution in [2.45, 2.75) is 19.0 Å². The van der Waals surface area contributed by atoms with Crippen molar-refractivity contribution in [2.24, 2.45) is 5.10 Å². The van der Waals surface area contributed by atoms with Gasteiger partial charge in [0, 0.05) is 12.6 Å². The number of thiophene rings is 1. The number of pyridine rings is 1. The molecule has 0 spiro atoms. The summed E-state index contributed by atoms with van der Waals surface area (Å²) >= 11 is 1.57. The predicted octanol–water partition coefficient (Wildman–Crippen LogP) is 3.25. The van der Waals surface area contributed by atoms with E-state index < -0.39 is 0 Å². The van der Waals surface area contributed by atoms with Crippen LogP contribution >= 0.6 is 11.3 Å². The number of rotatable bonds is 6. The molecule has 1 atom stereocenters. The lowest BCUT2D eigenvalue weighted by Gasteiger charge is -2.23. The van der Waals surface area contributed by atoms with Crippen molar-refractivity contribution in [3.8, 4) is 11.5 Å². The molecule has 0 radical (unpaired) electrons. The quantitative estimate of drug-likeness (QED) is 0.425. The molecule has 0 saturated heterocycles. The molecule has 9 nitrogen and oxygen atoms in total. The first kappa shape index (κ1) is 21.8. The molecule has 3 aromatic heterocycles. The van der Waals surface area contributed by atoms with Gasteiger partial charge in [-0.15, -0.1) is 11.3 Å². The van der Waals surface area contributed by atoms with E-state index in [0.29, 0.717) is 29.0 Å². The Morgan fingerprint density at radius 3 is 2.74 bits per heavy atom. The summed E-state index contributed by atoms with van der Waals surface area (Å²) in [6.45, 7) is -0.193. The minimum atomic E-state index is -0.352. The molecule has 4 heterocycles. The van der Waals surface area contributed by atoms with E-state index in [1.165, 1.54) is 15.9 Å². The molecule has 0 saturated carbocycles. The van der Waals surface area contributed by atoms with Gasteiger partial charge in [0.25, 0.3) is 11.5 Å². The second-order valence-corrected chi connectivity index (χ2v) is 8.60. The molecule has 1 aliphatic heterocycles. The van der Waals surface area contributed by atoms with Crippen molar-refractivity contribution in [2.75, 3.05) is 14.2 Å². The molecule has 0 fully saturated rings. The third kappa shape index (κ3) is 3.92. The van der Waals surface area contributed by atoms with Crippen molar-refractivity contribution >= 4 is 34.0 Å². The maximum absolute atomic E-state index is 13.4. The van der Waals surface area contributed by atoms with Crippen molar-refractivity contribution in [3.05, 3.63) is 81.2 Å². The fourth-order valence-electron chi connectivity index (χ4n) is 3.98. The number of hydrogen-bond acceptors (Lipinski definition) is 8. The molecule has 1 aliphatic rings. The summed E-state index contributed by atoms with van der Waals surface area (Å²) in [5.41, 5.74) is 1.69. The number of fused-ring (bicyclic) bond motifs is 1. The zero-order valence-corrected chi connectivity index (χ0v) is 19.4. The van der Waals surface area contributed by atoms with E-state index in [2.05, 4.69) is 15.1 Å². The number of carbonyl (C=O) groups is 1. The molecule has 1 aromatic carbocycles. The Hall–Kier alpha value is -4.05. The SMILES string of the molecule is COc1ccc(C2CC(c3cccs3)=NN2C(=O)Cn2cnc3ncccc3c2=O)cc1OC. The molecule has 5 rings (SSSR count). The topological polar surface area (TPSA) is 98.9 Å². The molecule has 1 unspecified atom stereocenters. The Bertz CT molecular complexity index is 1450. The van der Waals surface area contributed by atoms with Crippen LogP contribution in [0.15, 0.2) is 70.3 Å². The second kappa shape index (κ2) is 9.06. The van der Waals surface area contributed by atoms with Crippen LogP contribution in [0.25, 0.3) is 11.0 Å². The van der Waals surface area contributed by atoms with Crippen LogP contribution in [0.4, 0.5) is 0 Å². The zero-order chi connectivity index (χ0) is 23.7. The minimum absolute atomic E-state index is 0.193. The standard InChI is InChI=1S/C24H21N5O4S/c1-32-19-8-7-15(11-20(19)33-2)18-12-17(21-6-4-10-34-21)27-29(18)22(30)13-28-14-26-23-16(24(28)31)5-3-9-25-23/h3-11,14,18H,12-13H2,1-2H3. The number of ether oxygens (including phenoxy) is 2. The van der Waals surface area contributed by atoms with Gasteiger partial charge in [-0.05, 0) is 41.3 Å². The predicted molar refractivity (Wildman–Crippen MR) is 128 cm³/mol. The maximum atomic E-state index is 13.4. The summed E-state index contributed by atoms with van der Waals surface area (Å²) in [6.07, 6.45) is 3.46. The number of aromatic nitrogens is 3. The first-order chi connectivity index (χ1) is 16.6. The summed E-state index contributed by atoms with van der Waals surface area (Å²) in [7, 11) is 3.15. The van der Waals surface area contributed by atoms with E-state index in [0.717, 1.165) is 16.2 Å². The van der Waals surface area contributed by atoms with Crippen molar-refractivity contribution < 1.29 is 14.3 Å². The number of amides is 1. The van der Waals surface area contributed by atoms with Crippen LogP contribution in [0.5, 0.6) is 11.5 Å². The van der Waals surface area contributed by atoms with Crippen LogP contribution in [-0.2, 0) is 11.3 Å². The Morgan fingerprint density at radius 2 is 1.97 bits per heavy atom. The lowest BCUT2D eigenvalue weighted by molar-refractivity contribution is -0.133. The monoisotopic (exact) mass is 475 g/mol. The summed E-state index contributed by atoms with van der Waals surface area (Å²) in [4.78, 5) is 35.6. The molecule has 1 amide bonds. The molecule has 0 N–H and O–H groups in total. The van der Waals surface area contributed by atoms with Crippen LogP contribution in [-0.4, -0.2) is 45.4 Å². The summed E-state index contributed by atoms with van der Waals surface area (Å²) in [6, 6.07) is 12.5. The zero-order valence-electron chi connectivity index (χ0n) is 18.5. The number of hydrazone groups is 1. The highest BCUT2D eigenvalue weighted by atomic mass is 32.1. The van der Waals surface area contributed by atoms with Gasteiger partial charge in [-0.25, -0.2) is 15.0 Å². The van der Waals surface area contributed by atoms with Crippen LogP contribution < -0.4 is 15.0 Å². The van der Waals surface area contributed by atoms with Crippen LogP contribution in [0.1, 0.15) is 22.9 Å². The number of hydrogen-bond donors (Lipinski definition) is 0. The molecule has 0 bridgehead atoms. The van der Waals surface area contributed by atoms with Crippen LogP contribution in [0, 0.1) is 0 Å². The first-order valence-electron chi connectivity index (χ1n) is 10.5. The highest BCUT2D eigenvalue weighted by Crippen LogP contribution is 2.38. The lowest BCUT2D eigenvalue weighted by atomic mass is 10.0. The summed E-state index contributed by atoms with van der Waals surface area (Å²) in [5.74, 6) is 0.849. The third-order valence-corrected chi connectivity index (χ3v) is 6.59. The normalized spacial score (nSPS) is 15.4. The van der Waals surface area contributed by atoms with Crippen molar-refractivity contribution in [1.29, 1.82) is 0 Å². The van der Waals surface area contributed by atoms with Crippen LogP contribution in [0.3, 0.4) is 0 Å². The number of benzene rings is 1. The molecular weight excluding hydrogens is 454 g/mol. The van der Waals surface area contributed by atoms with Gasteiger partial charge in [0.2, 0.25) is 0 Å². The highest BCUT2D eigenvalue weighted by molar-refractivity contribution is 7.12. The molecule has 10 heteroatoms. The second-order valence-electron chi connectivity index (χ2n) is 7.65. The van der Waals surface area contributed by atoms with Gasteiger partial charge >= 0.3 is 0 Å². The van der Waals surface area contributed by atoms with E-state index in [4.69, 9.17) is 9.47 Å². The van der Waals surface area contributed by atoms with Gasteiger partial charge in [0.05, 0.1) is 36.2 Å². The smallest absolute Gasteiger partial charge is 0.263 e. The van der Waals surface area contributed by atoms with E-state index in [9.17, 15) is 9.59 Å². The largest absolute Gasteiger partial charge is 0.493 e. The lowest BCUT2D eigenvalue weighted by Crippen LogP contribution is -2.34. The van der Waals surface area contributed by atoms with Gasteiger partial charge in [-0.2, -0.15) is 5.10 Å². The number of nitrogens with zero attached hydrogens (tertiary/aromatic N) is 5. The van der Waals surface area contributed by atoms with Gasteiger partial charge < -0.3 is 9.47 Å². The third-order valence-electron chi connectivity index (χ3n) is 5.67. The average molecular weight is 476 g/mol. The van der Waals surface area contributed by atoms with E-state index in [1.807, 2.05) is 35.7 Å². The average Bonchev–Trinajstić information content (AvgIpc) is 3.56. The Kier molecular flexibility index (Phi) is 5.81. The van der Waals surface area contributed by atoms with E-state index in [1.54, 1.807) is 43.9 Å². The Balaban J connectivity index is 1.50. The highest BCUT2D eigenvalue weighted by Gasteiger charge is 2.34. The number of carbonyl (C=O) groups excluding carboxylic acids is 1. The molecule has 4 aromatic rings. The van der Waals surface area contributed by atoms with Crippen molar-refractivity contribution in [1.82, 2.24) is 19.5 Å².